The van der Waals surface area contributed by atoms with Crippen molar-refractivity contribution in [1.29, 1.82) is 0 Å². The SMILES string of the molecule is Nc1c(COc2cccc([N+](=O)[O-])c2)cccc1[N+](=O)[O-]. The molecule has 0 unspecified atom stereocenters. The number of nitrogen functional groups attached to an aromatic ring is 1. The summed E-state index contributed by atoms with van der Waals surface area (Å²) in [5, 5.41) is 21.4. The van der Waals surface area contributed by atoms with Gasteiger partial charge in [-0.25, -0.2) is 0 Å². The molecule has 0 bridgehead atoms. The number of nitro groups is 2. The monoisotopic (exact) mass is 289 g/mol. The lowest BCUT2D eigenvalue weighted by molar-refractivity contribution is -0.385. The second-order valence-electron chi connectivity index (χ2n) is 4.15. The van der Waals surface area contributed by atoms with Crippen LogP contribution in [-0.4, -0.2) is 9.85 Å². The summed E-state index contributed by atoms with van der Waals surface area (Å²) >= 11 is 0. The van der Waals surface area contributed by atoms with Crippen LogP contribution in [0.4, 0.5) is 17.1 Å². The first kappa shape index (κ1) is 14.3. The number of ether oxygens (including phenoxy) is 1. The minimum absolute atomic E-state index is 0.0192. The molecule has 0 atom stereocenters. The summed E-state index contributed by atoms with van der Waals surface area (Å²) in [5.74, 6) is 0.287. The molecule has 21 heavy (non-hydrogen) atoms. The van der Waals surface area contributed by atoms with Crippen molar-refractivity contribution in [3.05, 3.63) is 68.3 Å². The van der Waals surface area contributed by atoms with E-state index in [2.05, 4.69) is 0 Å². The average Bonchev–Trinajstić information content (AvgIpc) is 2.46. The summed E-state index contributed by atoms with van der Waals surface area (Å²) < 4.78 is 5.39. The third kappa shape index (κ3) is 3.24. The van der Waals surface area contributed by atoms with Gasteiger partial charge in [-0.2, -0.15) is 0 Å². The van der Waals surface area contributed by atoms with Crippen LogP contribution in [0.3, 0.4) is 0 Å². The largest absolute Gasteiger partial charge is 0.489 e. The van der Waals surface area contributed by atoms with Crippen LogP contribution in [0.2, 0.25) is 0 Å². The van der Waals surface area contributed by atoms with E-state index in [1.807, 2.05) is 0 Å². The predicted molar refractivity (Wildman–Crippen MR) is 74.9 cm³/mol. The number of benzene rings is 2. The second kappa shape index (κ2) is 5.87. The fourth-order valence-corrected chi connectivity index (χ4v) is 1.73. The first-order valence-corrected chi connectivity index (χ1v) is 5.88. The number of hydrogen-bond acceptors (Lipinski definition) is 6. The second-order valence-corrected chi connectivity index (χ2v) is 4.15. The molecule has 0 amide bonds. The van der Waals surface area contributed by atoms with Gasteiger partial charge in [0, 0.05) is 17.7 Å². The number of nitrogens with two attached hydrogens (primary N) is 1. The summed E-state index contributed by atoms with van der Waals surface area (Å²) in [6.07, 6.45) is 0. The van der Waals surface area contributed by atoms with Gasteiger partial charge in [-0.05, 0) is 6.07 Å². The number of rotatable bonds is 5. The van der Waals surface area contributed by atoms with Crippen molar-refractivity contribution in [1.82, 2.24) is 0 Å². The molecule has 0 radical (unpaired) electrons. The molecule has 2 N–H and O–H groups in total. The Labute approximate surface area is 119 Å². The highest BCUT2D eigenvalue weighted by Gasteiger charge is 2.14. The predicted octanol–water partition coefficient (Wildman–Crippen LogP) is 2.66. The van der Waals surface area contributed by atoms with Crippen molar-refractivity contribution < 1.29 is 14.6 Å². The average molecular weight is 289 g/mol. The van der Waals surface area contributed by atoms with E-state index in [1.165, 1.54) is 30.3 Å². The fourth-order valence-electron chi connectivity index (χ4n) is 1.73. The van der Waals surface area contributed by atoms with Crippen LogP contribution >= 0.6 is 0 Å². The molecule has 108 valence electrons. The molecule has 0 fully saturated rings. The standard InChI is InChI=1S/C13H11N3O5/c14-13-9(3-1-6-12(13)16(19)20)8-21-11-5-2-4-10(7-11)15(17)18/h1-7H,8,14H2. The van der Waals surface area contributed by atoms with Crippen LogP contribution in [0.25, 0.3) is 0 Å². The Morgan fingerprint density at radius 2 is 1.76 bits per heavy atom. The van der Waals surface area contributed by atoms with Crippen molar-refractivity contribution in [3.63, 3.8) is 0 Å². The Bertz CT molecular complexity index is 702. The number of para-hydroxylation sites is 1. The van der Waals surface area contributed by atoms with Crippen molar-refractivity contribution >= 4 is 17.1 Å². The van der Waals surface area contributed by atoms with E-state index in [0.717, 1.165) is 0 Å². The molecule has 0 saturated carbocycles. The highest BCUT2D eigenvalue weighted by atomic mass is 16.6. The Morgan fingerprint density at radius 3 is 2.43 bits per heavy atom. The van der Waals surface area contributed by atoms with Gasteiger partial charge in [0.25, 0.3) is 11.4 Å². The van der Waals surface area contributed by atoms with Gasteiger partial charge in [0.05, 0.1) is 15.9 Å². The maximum atomic E-state index is 10.8. The molecule has 0 spiro atoms. The highest BCUT2D eigenvalue weighted by molar-refractivity contribution is 5.62. The summed E-state index contributed by atoms with van der Waals surface area (Å²) in [6, 6.07) is 10.1. The van der Waals surface area contributed by atoms with Gasteiger partial charge in [0.15, 0.2) is 0 Å². The highest BCUT2D eigenvalue weighted by Crippen LogP contribution is 2.26. The third-order valence-electron chi connectivity index (χ3n) is 2.79. The maximum Gasteiger partial charge on any atom is 0.292 e. The van der Waals surface area contributed by atoms with Crippen LogP contribution in [0.5, 0.6) is 5.75 Å². The molecule has 0 saturated heterocycles. The van der Waals surface area contributed by atoms with Gasteiger partial charge in [-0.1, -0.05) is 18.2 Å². The van der Waals surface area contributed by atoms with E-state index >= 15 is 0 Å². The smallest absolute Gasteiger partial charge is 0.292 e. The van der Waals surface area contributed by atoms with Crippen LogP contribution in [0.1, 0.15) is 5.56 Å². The normalized spacial score (nSPS) is 10.1. The van der Waals surface area contributed by atoms with Crippen molar-refractivity contribution in [3.8, 4) is 5.75 Å². The third-order valence-corrected chi connectivity index (χ3v) is 2.79. The lowest BCUT2D eigenvalue weighted by Crippen LogP contribution is -2.03. The summed E-state index contributed by atoms with van der Waals surface area (Å²) in [6.45, 7) is -0.0192. The van der Waals surface area contributed by atoms with E-state index in [0.29, 0.717) is 5.56 Å². The number of nitrogens with zero attached hydrogens (tertiary/aromatic N) is 2. The number of anilines is 1. The molecule has 2 aromatic carbocycles. The topological polar surface area (TPSA) is 122 Å². The molecule has 8 nitrogen and oxygen atoms in total. The number of nitro benzene ring substituents is 2. The van der Waals surface area contributed by atoms with E-state index in [-0.39, 0.29) is 29.4 Å². The van der Waals surface area contributed by atoms with Gasteiger partial charge in [0.2, 0.25) is 0 Å². The molecule has 0 aliphatic heterocycles. The van der Waals surface area contributed by atoms with Crippen LogP contribution < -0.4 is 10.5 Å². The van der Waals surface area contributed by atoms with E-state index in [9.17, 15) is 20.2 Å². The molecular weight excluding hydrogens is 278 g/mol. The van der Waals surface area contributed by atoms with Gasteiger partial charge in [-0.3, -0.25) is 20.2 Å². The zero-order valence-corrected chi connectivity index (χ0v) is 10.8. The Kier molecular flexibility index (Phi) is 3.98. The molecule has 2 rings (SSSR count). The number of hydrogen-bond donors (Lipinski definition) is 1. The van der Waals surface area contributed by atoms with E-state index < -0.39 is 9.85 Å². The first-order valence-electron chi connectivity index (χ1n) is 5.88. The van der Waals surface area contributed by atoms with Gasteiger partial charge in [0.1, 0.15) is 18.0 Å². The lowest BCUT2D eigenvalue weighted by atomic mass is 10.1. The molecule has 0 aliphatic carbocycles. The summed E-state index contributed by atoms with van der Waals surface area (Å²) in [4.78, 5) is 20.3. The zero-order valence-electron chi connectivity index (χ0n) is 10.8. The number of non-ortho nitro benzene ring substituents is 1. The molecule has 8 heteroatoms. The molecule has 0 aliphatic rings. The van der Waals surface area contributed by atoms with Crippen molar-refractivity contribution in [2.24, 2.45) is 0 Å². The van der Waals surface area contributed by atoms with Gasteiger partial charge in [-0.15, -0.1) is 0 Å². The van der Waals surface area contributed by atoms with E-state index in [1.54, 1.807) is 12.1 Å². The zero-order chi connectivity index (χ0) is 15.4. The van der Waals surface area contributed by atoms with Crippen LogP contribution in [-0.2, 0) is 6.61 Å². The van der Waals surface area contributed by atoms with Crippen LogP contribution in [0.15, 0.2) is 42.5 Å². The first-order chi connectivity index (χ1) is 9.99. The maximum absolute atomic E-state index is 10.8. The Morgan fingerprint density at radius 1 is 1.05 bits per heavy atom. The van der Waals surface area contributed by atoms with Crippen molar-refractivity contribution in [2.45, 2.75) is 6.61 Å². The minimum atomic E-state index is -0.577. The lowest BCUT2D eigenvalue weighted by Gasteiger charge is -2.08. The Hall–Kier alpha value is -3.16. The molecule has 2 aromatic rings. The molecule has 0 aromatic heterocycles. The summed E-state index contributed by atoms with van der Waals surface area (Å²) in [7, 11) is 0. The van der Waals surface area contributed by atoms with E-state index in [4.69, 9.17) is 10.5 Å². The molecule has 0 heterocycles. The van der Waals surface area contributed by atoms with Gasteiger partial charge >= 0.3 is 0 Å². The quantitative estimate of drug-likeness (QED) is 0.513. The van der Waals surface area contributed by atoms with Crippen molar-refractivity contribution in [2.75, 3.05) is 5.73 Å². The van der Waals surface area contributed by atoms with Crippen LogP contribution in [0, 0.1) is 20.2 Å². The van der Waals surface area contributed by atoms with Gasteiger partial charge < -0.3 is 10.5 Å². The summed E-state index contributed by atoms with van der Waals surface area (Å²) in [5.41, 5.74) is 5.86. The Balaban J connectivity index is 2.17. The minimum Gasteiger partial charge on any atom is -0.489 e. The molecular formula is C13H11N3O5. The fraction of sp³-hybridized carbons (Fsp3) is 0.0769.